The van der Waals surface area contributed by atoms with Crippen LogP contribution in [0.15, 0.2) is 24.3 Å². The summed E-state index contributed by atoms with van der Waals surface area (Å²) in [5, 5.41) is 9.30. The van der Waals surface area contributed by atoms with Gasteiger partial charge in [0.1, 0.15) is 0 Å². The normalized spacial score (nSPS) is 22.8. The zero-order chi connectivity index (χ0) is 24.2. The maximum Gasteiger partial charge on any atom is 0.416 e. The van der Waals surface area contributed by atoms with Crippen LogP contribution in [-0.2, 0) is 15.8 Å². The Morgan fingerprint density at radius 1 is 1.00 bits per heavy atom. The largest absolute Gasteiger partial charge is 0.481 e. The van der Waals surface area contributed by atoms with E-state index in [1.807, 2.05) is 0 Å². The van der Waals surface area contributed by atoms with E-state index in [0.29, 0.717) is 38.8 Å². The molecule has 33 heavy (non-hydrogen) atoms. The summed E-state index contributed by atoms with van der Waals surface area (Å²) >= 11 is 0. The number of likely N-dealkylation sites (tertiary alicyclic amines) is 2. The molecule has 2 unspecified atom stereocenters. The van der Waals surface area contributed by atoms with Gasteiger partial charge in [0.05, 0.1) is 5.56 Å². The molecule has 2 saturated heterocycles. The highest BCUT2D eigenvalue weighted by atomic mass is 19.4. The molecule has 1 aromatic rings. The molecule has 2 heterocycles. The van der Waals surface area contributed by atoms with Crippen molar-refractivity contribution in [2.24, 2.45) is 23.5 Å². The van der Waals surface area contributed by atoms with E-state index in [2.05, 4.69) is 4.90 Å². The van der Waals surface area contributed by atoms with Crippen LogP contribution in [-0.4, -0.2) is 65.4 Å². The number of hydrogen-bond donors (Lipinski definition) is 2. The summed E-state index contributed by atoms with van der Waals surface area (Å²) in [5.74, 6) is -1.70. The molecule has 1 aromatic carbocycles. The molecule has 10 heteroatoms. The molecule has 0 spiro atoms. The van der Waals surface area contributed by atoms with Crippen molar-refractivity contribution < 1.29 is 32.7 Å². The van der Waals surface area contributed by atoms with Gasteiger partial charge in [0, 0.05) is 31.0 Å². The molecule has 2 aliphatic heterocycles. The van der Waals surface area contributed by atoms with E-state index >= 15 is 0 Å². The quantitative estimate of drug-likeness (QED) is 0.639. The number of piperidine rings is 2. The predicted octanol–water partition coefficient (Wildman–Crippen LogP) is 2.85. The summed E-state index contributed by atoms with van der Waals surface area (Å²) in [7, 11) is 0. The van der Waals surface area contributed by atoms with E-state index in [0.717, 1.165) is 31.8 Å². The second kappa shape index (κ2) is 10.5. The van der Waals surface area contributed by atoms with Crippen molar-refractivity contribution in [3.05, 3.63) is 35.4 Å². The van der Waals surface area contributed by atoms with Gasteiger partial charge in [0.15, 0.2) is 0 Å². The van der Waals surface area contributed by atoms with Crippen molar-refractivity contribution in [2.75, 3.05) is 32.7 Å². The van der Waals surface area contributed by atoms with Crippen molar-refractivity contribution in [2.45, 2.75) is 38.3 Å². The van der Waals surface area contributed by atoms with Crippen LogP contribution >= 0.6 is 0 Å². The molecule has 2 fully saturated rings. The van der Waals surface area contributed by atoms with Crippen molar-refractivity contribution >= 4 is 17.8 Å². The van der Waals surface area contributed by atoms with Crippen LogP contribution in [0.1, 0.15) is 48.0 Å². The topological polar surface area (TPSA) is 104 Å². The van der Waals surface area contributed by atoms with Crippen molar-refractivity contribution in [1.29, 1.82) is 0 Å². The van der Waals surface area contributed by atoms with E-state index in [9.17, 15) is 32.7 Å². The van der Waals surface area contributed by atoms with Crippen LogP contribution < -0.4 is 5.73 Å². The molecule has 0 aromatic heterocycles. The molecular weight excluding hydrogens is 439 g/mol. The minimum atomic E-state index is -4.46. The number of hydrogen-bond acceptors (Lipinski definition) is 4. The Bertz CT molecular complexity index is 852. The van der Waals surface area contributed by atoms with Crippen LogP contribution in [0.25, 0.3) is 0 Å². The van der Waals surface area contributed by atoms with Gasteiger partial charge < -0.3 is 20.6 Å². The fraction of sp³-hybridized carbons (Fsp3) is 0.609. The van der Waals surface area contributed by atoms with E-state index in [1.165, 1.54) is 12.1 Å². The van der Waals surface area contributed by atoms with Gasteiger partial charge in [-0.15, -0.1) is 0 Å². The summed E-state index contributed by atoms with van der Waals surface area (Å²) in [6.45, 7) is 2.97. The number of carboxylic acids is 1. The van der Waals surface area contributed by atoms with Gasteiger partial charge in [0.2, 0.25) is 5.91 Å². The van der Waals surface area contributed by atoms with Crippen molar-refractivity contribution in [3.8, 4) is 0 Å². The predicted molar refractivity (Wildman–Crippen MR) is 114 cm³/mol. The number of nitrogens with zero attached hydrogens (tertiary/aromatic N) is 2. The number of halogens is 3. The second-order valence-electron chi connectivity index (χ2n) is 9.04. The van der Waals surface area contributed by atoms with E-state index in [1.54, 1.807) is 4.90 Å². The molecule has 0 saturated carbocycles. The van der Waals surface area contributed by atoms with Gasteiger partial charge in [-0.25, -0.2) is 0 Å². The third kappa shape index (κ3) is 6.69. The average molecular weight is 470 g/mol. The first-order valence-corrected chi connectivity index (χ1v) is 11.2. The molecular formula is C23H30F3N3O4. The van der Waals surface area contributed by atoms with Crippen LogP contribution in [0.5, 0.6) is 0 Å². The maximum atomic E-state index is 12.9. The lowest BCUT2D eigenvalue weighted by Gasteiger charge is -2.39. The smallest absolute Gasteiger partial charge is 0.416 e. The average Bonchev–Trinajstić information content (AvgIpc) is 2.77. The molecule has 182 valence electrons. The van der Waals surface area contributed by atoms with Crippen LogP contribution in [0.2, 0.25) is 0 Å². The Labute approximate surface area is 190 Å². The highest BCUT2D eigenvalue weighted by Crippen LogP contribution is 2.32. The molecule has 3 rings (SSSR count). The Balaban J connectivity index is 1.62. The van der Waals surface area contributed by atoms with Gasteiger partial charge in [-0.05, 0) is 81.4 Å². The summed E-state index contributed by atoms with van der Waals surface area (Å²) in [6, 6.07) is 4.17. The van der Waals surface area contributed by atoms with E-state index in [-0.39, 0.29) is 41.6 Å². The SMILES string of the molecule is NC(=O)C1CCN(CCC2CN(C(=O)c3ccc(C(F)(F)F)cc3)CCC2CC(=O)O)CC1. The molecule has 0 bridgehead atoms. The van der Waals surface area contributed by atoms with Crippen LogP contribution in [0, 0.1) is 17.8 Å². The van der Waals surface area contributed by atoms with Crippen molar-refractivity contribution in [1.82, 2.24) is 9.80 Å². The van der Waals surface area contributed by atoms with Crippen molar-refractivity contribution in [3.63, 3.8) is 0 Å². The fourth-order valence-electron chi connectivity index (χ4n) is 4.86. The first kappa shape index (κ1) is 25.0. The standard InChI is InChI=1S/C23H30F3N3O4/c24-23(25,26)19-3-1-16(2-4-19)22(33)29-12-8-17(13-20(30)31)18(14-29)7-11-28-9-5-15(6-10-28)21(27)32/h1-4,15,17-18H,5-14H2,(H2,27,32)(H,30,31). The monoisotopic (exact) mass is 469 g/mol. The lowest BCUT2D eigenvalue weighted by molar-refractivity contribution is -0.139. The zero-order valence-electron chi connectivity index (χ0n) is 18.4. The molecule has 0 radical (unpaired) electrons. The Morgan fingerprint density at radius 3 is 2.18 bits per heavy atom. The number of carbonyl (C=O) groups excluding carboxylic acids is 2. The zero-order valence-corrected chi connectivity index (χ0v) is 18.4. The van der Waals surface area contributed by atoms with Crippen LogP contribution in [0.4, 0.5) is 13.2 Å². The van der Waals surface area contributed by atoms with Gasteiger partial charge in [-0.3, -0.25) is 14.4 Å². The fourth-order valence-corrected chi connectivity index (χ4v) is 4.86. The Morgan fingerprint density at radius 2 is 1.64 bits per heavy atom. The Hall–Kier alpha value is -2.62. The van der Waals surface area contributed by atoms with E-state index in [4.69, 9.17) is 5.73 Å². The Kier molecular flexibility index (Phi) is 7.99. The van der Waals surface area contributed by atoms with Gasteiger partial charge in [-0.1, -0.05) is 0 Å². The second-order valence-corrected chi connectivity index (χ2v) is 9.04. The van der Waals surface area contributed by atoms with E-state index < -0.39 is 17.7 Å². The summed E-state index contributed by atoms with van der Waals surface area (Å²) < 4.78 is 38.4. The lowest BCUT2D eigenvalue weighted by atomic mass is 9.80. The summed E-state index contributed by atoms with van der Waals surface area (Å²) in [6.07, 6.45) is -1.79. The number of amides is 2. The summed E-state index contributed by atoms with van der Waals surface area (Å²) in [5.41, 5.74) is 4.76. The number of benzene rings is 1. The third-order valence-electron chi connectivity index (χ3n) is 6.88. The molecule has 0 aliphatic carbocycles. The number of aliphatic carboxylic acids is 1. The number of rotatable bonds is 7. The number of carboxylic acid groups (broad SMARTS) is 1. The molecule has 7 nitrogen and oxygen atoms in total. The van der Waals surface area contributed by atoms with Gasteiger partial charge in [-0.2, -0.15) is 13.2 Å². The highest BCUT2D eigenvalue weighted by Gasteiger charge is 2.34. The van der Waals surface area contributed by atoms with Crippen LogP contribution in [0.3, 0.4) is 0 Å². The third-order valence-corrected chi connectivity index (χ3v) is 6.88. The number of primary amides is 1. The first-order chi connectivity index (χ1) is 15.5. The lowest BCUT2D eigenvalue weighted by Crippen LogP contribution is -2.46. The molecule has 3 N–H and O–H groups in total. The number of carbonyl (C=O) groups is 3. The first-order valence-electron chi connectivity index (χ1n) is 11.2. The molecule has 2 aliphatic rings. The molecule has 2 atom stereocenters. The summed E-state index contributed by atoms with van der Waals surface area (Å²) in [4.78, 5) is 39.5. The minimum Gasteiger partial charge on any atom is -0.481 e. The number of alkyl halides is 3. The minimum absolute atomic E-state index is 0.0245. The number of nitrogens with two attached hydrogens (primary N) is 1. The molecule has 2 amide bonds. The highest BCUT2D eigenvalue weighted by molar-refractivity contribution is 5.94. The van der Waals surface area contributed by atoms with Gasteiger partial charge in [0.25, 0.3) is 5.91 Å². The van der Waals surface area contributed by atoms with Gasteiger partial charge >= 0.3 is 12.1 Å². The maximum absolute atomic E-state index is 12.9.